The van der Waals surface area contributed by atoms with Gasteiger partial charge in [-0.1, -0.05) is 18.2 Å². The third kappa shape index (κ3) is 4.55. The number of amides is 1. The molecule has 0 bridgehead atoms. The Hall–Kier alpha value is -1.39. The van der Waals surface area contributed by atoms with Gasteiger partial charge in [0.05, 0.1) is 6.54 Å². The van der Waals surface area contributed by atoms with Crippen molar-refractivity contribution in [1.82, 2.24) is 4.90 Å². The summed E-state index contributed by atoms with van der Waals surface area (Å²) in [6.45, 7) is 2.45. The van der Waals surface area contributed by atoms with Crippen molar-refractivity contribution in [2.75, 3.05) is 38.2 Å². The van der Waals surface area contributed by atoms with E-state index < -0.39 is 0 Å². The van der Waals surface area contributed by atoms with Gasteiger partial charge in [-0.3, -0.25) is 9.69 Å². The van der Waals surface area contributed by atoms with Gasteiger partial charge in [0.15, 0.2) is 0 Å². The van der Waals surface area contributed by atoms with Crippen LogP contribution in [0, 0.1) is 0 Å². The van der Waals surface area contributed by atoms with Gasteiger partial charge in [0, 0.05) is 18.8 Å². The molecule has 0 unspecified atom stereocenters. The summed E-state index contributed by atoms with van der Waals surface area (Å²) in [7, 11) is 1.99. The molecule has 0 aliphatic carbocycles. The second-order valence-corrected chi connectivity index (χ2v) is 5.80. The van der Waals surface area contributed by atoms with Crippen molar-refractivity contribution in [3.8, 4) is 0 Å². The van der Waals surface area contributed by atoms with E-state index in [1.807, 2.05) is 30.1 Å². The molecule has 0 fully saturated rings. The molecule has 0 radical (unpaired) electrons. The number of rotatable bonds is 7. The number of hydrogen-bond donors (Lipinski definition) is 1. The van der Waals surface area contributed by atoms with Gasteiger partial charge in [-0.25, -0.2) is 0 Å². The molecule has 1 aliphatic heterocycles. The van der Waals surface area contributed by atoms with Crippen LogP contribution < -0.4 is 4.90 Å². The molecular formula is C17H26N2O2. The highest BCUT2D eigenvalue weighted by Crippen LogP contribution is 2.26. The molecule has 1 N–H and O–H groups in total. The maximum Gasteiger partial charge on any atom is 0.241 e. The number of aliphatic hydroxyl groups is 1. The fourth-order valence-corrected chi connectivity index (χ4v) is 2.86. The Kier molecular flexibility index (Phi) is 6.21. The van der Waals surface area contributed by atoms with E-state index >= 15 is 0 Å². The van der Waals surface area contributed by atoms with Gasteiger partial charge in [0.1, 0.15) is 0 Å². The Bertz CT molecular complexity index is 462. The Labute approximate surface area is 127 Å². The first-order valence-corrected chi connectivity index (χ1v) is 7.90. The van der Waals surface area contributed by atoms with E-state index in [-0.39, 0.29) is 12.5 Å². The summed E-state index contributed by atoms with van der Waals surface area (Å²) >= 11 is 0. The summed E-state index contributed by atoms with van der Waals surface area (Å²) in [6, 6.07) is 8.21. The molecule has 0 spiro atoms. The predicted octanol–water partition coefficient (Wildman–Crippen LogP) is 2.06. The summed E-state index contributed by atoms with van der Waals surface area (Å²) in [5, 5.41) is 8.77. The quantitative estimate of drug-likeness (QED) is 0.782. The fourth-order valence-electron chi connectivity index (χ4n) is 2.86. The van der Waals surface area contributed by atoms with Crippen molar-refractivity contribution < 1.29 is 9.90 Å². The lowest BCUT2D eigenvalue weighted by Gasteiger charge is -2.31. The van der Waals surface area contributed by atoms with Crippen LogP contribution in [-0.2, 0) is 11.2 Å². The van der Waals surface area contributed by atoms with E-state index in [1.165, 1.54) is 5.56 Å². The van der Waals surface area contributed by atoms with Gasteiger partial charge in [-0.15, -0.1) is 0 Å². The molecule has 2 rings (SSSR count). The summed E-state index contributed by atoms with van der Waals surface area (Å²) in [6.07, 6.45) is 5.00. The number of carbonyl (C=O) groups excluding carboxylic acids is 1. The third-order valence-electron chi connectivity index (χ3n) is 4.01. The zero-order chi connectivity index (χ0) is 15.1. The van der Waals surface area contributed by atoms with E-state index in [0.29, 0.717) is 6.54 Å². The summed E-state index contributed by atoms with van der Waals surface area (Å²) in [5.41, 5.74) is 2.37. The topological polar surface area (TPSA) is 43.8 Å². The minimum absolute atomic E-state index is 0.187. The predicted molar refractivity (Wildman–Crippen MR) is 85.5 cm³/mol. The van der Waals surface area contributed by atoms with Crippen LogP contribution in [0.1, 0.15) is 31.2 Å². The van der Waals surface area contributed by atoms with Crippen molar-refractivity contribution in [3.05, 3.63) is 29.8 Å². The molecule has 1 amide bonds. The van der Waals surface area contributed by atoms with Gasteiger partial charge < -0.3 is 10.0 Å². The number of nitrogens with zero attached hydrogens (tertiary/aromatic N) is 2. The fraction of sp³-hybridized carbons (Fsp3) is 0.588. The maximum absolute atomic E-state index is 12.5. The highest BCUT2D eigenvalue weighted by Gasteiger charge is 2.22. The number of benzene rings is 1. The molecule has 116 valence electrons. The number of hydrogen-bond acceptors (Lipinski definition) is 3. The first kappa shape index (κ1) is 16.0. The van der Waals surface area contributed by atoms with Crippen LogP contribution in [0.15, 0.2) is 24.3 Å². The third-order valence-corrected chi connectivity index (χ3v) is 4.01. The minimum Gasteiger partial charge on any atom is -0.396 e. The standard InChI is InChI=1S/C17H26N2O2/c1-18(11-5-2-6-13-20)14-17(21)19-12-7-9-15-8-3-4-10-16(15)19/h3-4,8,10,20H,2,5-7,9,11-14H2,1H3. The van der Waals surface area contributed by atoms with E-state index in [1.54, 1.807) is 0 Å². The first-order chi connectivity index (χ1) is 10.2. The van der Waals surface area contributed by atoms with Gasteiger partial charge in [0.25, 0.3) is 0 Å². The Morgan fingerprint density at radius 1 is 1.29 bits per heavy atom. The number of aliphatic hydroxyl groups excluding tert-OH is 1. The van der Waals surface area contributed by atoms with E-state index in [4.69, 9.17) is 5.11 Å². The van der Waals surface area contributed by atoms with Crippen LogP contribution in [-0.4, -0.2) is 49.2 Å². The van der Waals surface area contributed by atoms with Crippen LogP contribution in [0.5, 0.6) is 0 Å². The first-order valence-electron chi connectivity index (χ1n) is 7.90. The van der Waals surface area contributed by atoms with E-state index in [9.17, 15) is 4.79 Å². The molecule has 0 aromatic heterocycles. The van der Waals surface area contributed by atoms with Crippen molar-refractivity contribution in [1.29, 1.82) is 0 Å². The Morgan fingerprint density at radius 2 is 2.10 bits per heavy atom. The molecule has 1 heterocycles. The normalized spacial score (nSPS) is 14.3. The smallest absolute Gasteiger partial charge is 0.241 e. The number of para-hydroxylation sites is 1. The lowest BCUT2D eigenvalue weighted by molar-refractivity contribution is -0.119. The number of likely N-dealkylation sites (N-methyl/N-ethyl adjacent to an activating group) is 1. The van der Waals surface area contributed by atoms with Gasteiger partial charge in [-0.2, -0.15) is 0 Å². The molecule has 1 aromatic carbocycles. The Balaban J connectivity index is 1.86. The summed E-state index contributed by atoms with van der Waals surface area (Å²) in [5.74, 6) is 0.187. The SMILES string of the molecule is CN(CCCCCO)CC(=O)N1CCCc2ccccc21. The highest BCUT2D eigenvalue weighted by atomic mass is 16.2. The number of anilines is 1. The van der Waals surface area contributed by atoms with Crippen LogP contribution >= 0.6 is 0 Å². The van der Waals surface area contributed by atoms with Gasteiger partial charge in [-0.05, 0) is 57.3 Å². The number of unbranched alkanes of at least 4 members (excludes halogenated alkanes) is 2. The van der Waals surface area contributed by atoms with E-state index in [0.717, 1.165) is 50.9 Å². The lowest BCUT2D eigenvalue weighted by atomic mass is 10.0. The molecule has 1 aliphatic rings. The van der Waals surface area contributed by atoms with Crippen LogP contribution in [0.4, 0.5) is 5.69 Å². The van der Waals surface area contributed by atoms with Gasteiger partial charge in [0.2, 0.25) is 5.91 Å². The minimum atomic E-state index is 0.187. The largest absolute Gasteiger partial charge is 0.396 e. The zero-order valence-corrected chi connectivity index (χ0v) is 12.9. The molecule has 4 heteroatoms. The lowest BCUT2D eigenvalue weighted by Crippen LogP contribution is -2.41. The van der Waals surface area contributed by atoms with Crippen molar-refractivity contribution in [2.24, 2.45) is 0 Å². The summed E-state index contributed by atoms with van der Waals surface area (Å²) < 4.78 is 0. The monoisotopic (exact) mass is 290 g/mol. The van der Waals surface area contributed by atoms with Crippen LogP contribution in [0.2, 0.25) is 0 Å². The van der Waals surface area contributed by atoms with Crippen LogP contribution in [0.25, 0.3) is 0 Å². The highest BCUT2D eigenvalue weighted by molar-refractivity contribution is 5.95. The molecule has 1 aromatic rings. The van der Waals surface area contributed by atoms with Crippen molar-refractivity contribution in [3.63, 3.8) is 0 Å². The van der Waals surface area contributed by atoms with E-state index in [2.05, 4.69) is 11.0 Å². The zero-order valence-electron chi connectivity index (χ0n) is 12.9. The number of fused-ring (bicyclic) bond motifs is 1. The maximum atomic E-state index is 12.5. The average molecular weight is 290 g/mol. The second-order valence-electron chi connectivity index (χ2n) is 5.80. The Morgan fingerprint density at radius 3 is 2.90 bits per heavy atom. The van der Waals surface area contributed by atoms with Crippen molar-refractivity contribution >= 4 is 11.6 Å². The summed E-state index contributed by atoms with van der Waals surface area (Å²) in [4.78, 5) is 16.5. The van der Waals surface area contributed by atoms with Crippen LogP contribution in [0.3, 0.4) is 0 Å². The molecule has 21 heavy (non-hydrogen) atoms. The van der Waals surface area contributed by atoms with Gasteiger partial charge >= 0.3 is 0 Å². The van der Waals surface area contributed by atoms with Crippen molar-refractivity contribution in [2.45, 2.75) is 32.1 Å². The molecule has 0 saturated heterocycles. The molecule has 4 nitrogen and oxygen atoms in total. The number of carbonyl (C=O) groups is 1. The average Bonchev–Trinajstić information content (AvgIpc) is 2.51. The molecular weight excluding hydrogens is 264 g/mol. The second kappa shape index (κ2) is 8.15. The molecule has 0 atom stereocenters. The molecule has 0 saturated carbocycles. The number of aryl methyl sites for hydroxylation is 1.